The van der Waals surface area contributed by atoms with Crippen molar-refractivity contribution in [3.05, 3.63) is 59.4 Å². The van der Waals surface area contributed by atoms with Crippen LogP contribution < -0.4 is 4.74 Å². The van der Waals surface area contributed by atoms with Crippen LogP contribution in [0.3, 0.4) is 0 Å². The SMILES string of the molecule is COc1cc2coc(C(=O)C(=O)N(C)C)c2nc1C(=O)N1CCCN(Cc2ccc(F)cc2)CC1. The van der Waals surface area contributed by atoms with E-state index in [-0.39, 0.29) is 34.4 Å². The molecule has 1 aromatic carbocycles. The second-order valence-electron chi connectivity index (χ2n) is 8.62. The van der Waals surface area contributed by atoms with Crippen LogP contribution in [-0.4, -0.2) is 84.7 Å². The maximum Gasteiger partial charge on any atom is 0.297 e. The number of pyridine rings is 1. The molecule has 0 atom stereocenters. The number of Topliss-reactive ketones (excluding diaryl/α,β-unsaturated/α-hetero) is 1. The molecule has 0 saturated carbocycles. The van der Waals surface area contributed by atoms with E-state index in [4.69, 9.17) is 9.15 Å². The van der Waals surface area contributed by atoms with Crippen molar-refractivity contribution in [1.82, 2.24) is 19.7 Å². The summed E-state index contributed by atoms with van der Waals surface area (Å²) in [4.78, 5) is 47.7. The van der Waals surface area contributed by atoms with Crippen LogP contribution in [0.5, 0.6) is 5.75 Å². The summed E-state index contributed by atoms with van der Waals surface area (Å²) in [6, 6.07) is 7.99. The van der Waals surface area contributed by atoms with Gasteiger partial charge in [-0.3, -0.25) is 19.3 Å². The van der Waals surface area contributed by atoms with E-state index in [1.165, 1.54) is 39.6 Å². The second-order valence-corrected chi connectivity index (χ2v) is 8.62. The average Bonchev–Trinajstić information content (AvgIpc) is 3.13. The fourth-order valence-corrected chi connectivity index (χ4v) is 4.06. The van der Waals surface area contributed by atoms with Gasteiger partial charge in [0.05, 0.1) is 7.11 Å². The number of ether oxygens (including phenoxy) is 1. The molecule has 10 heteroatoms. The number of furan rings is 1. The Balaban J connectivity index is 1.55. The molecule has 1 saturated heterocycles. The number of amides is 2. The number of carbonyl (C=O) groups is 3. The van der Waals surface area contributed by atoms with Crippen molar-refractivity contribution in [3.8, 4) is 5.75 Å². The summed E-state index contributed by atoms with van der Waals surface area (Å²) >= 11 is 0. The number of halogens is 1. The van der Waals surface area contributed by atoms with Crippen molar-refractivity contribution in [2.75, 3.05) is 47.4 Å². The molecule has 2 aromatic heterocycles. The number of fused-ring (bicyclic) bond motifs is 1. The van der Waals surface area contributed by atoms with Gasteiger partial charge in [-0.05, 0) is 30.2 Å². The number of aromatic nitrogens is 1. The van der Waals surface area contributed by atoms with Crippen molar-refractivity contribution in [1.29, 1.82) is 0 Å². The number of carbonyl (C=O) groups excluding carboxylic acids is 3. The molecule has 3 heterocycles. The minimum atomic E-state index is -0.840. The van der Waals surface area contributed by atoms with Gasteiger partial charge < -0.3 is 19.0 Å². The lowest BCUT2D eigenvalue weighted by molar-refractivity contribution is -0.124. The van der Waals surface area contributed by atoms with Gasteiger partial charge in [-0.15, -0.1) is 0 Å². The number of ketones is 1. The molecule has 1 aliphatic heterocycles. The fourth-order valence-electron chi connectivity index (χ4n) is 4.06. The van der Waals surface area contributed by atoms with Crippen LogP contribution in [0, 0.1) is 5.82 Å². The molecule has 1 aliphatic rings. The molecule has 0 radical (unpaired) electrons. The number of nitrogens with zero attached hydrogens (tertiary/aromatic N) is 4. The highest BCUT2D eigenvalue weighted by atomic mass is 19.1. The maximum absolute atomic E-state index is 13.5. The number of hydrogen-bond donors (Lipinski definition) is 0. The van der Waals surface area contributed by atoms with Crippen molar-refractivity contribution in [2.45, 2.75) is 13.0 Å². The molecule has 9 nitrogen and oxygen atoms in total. The van der Waals surface area contributed by atoms with Gasteiger partial charge in [-0.25, -0.2) is 9.37 Å². The number of likely N-dealkylation sites (N-methyl/N-ethyl adjacent to an activating group) is 1. The normalized spacial score (nSPS) is 14.6. The van der Waals surface area contributed by atoms with E-state index in [1.807, 2.05) is 0 Å². The van der Waals surface area contributed by atoms with Crippen LogP contribution in [-0.2, 0) is 11.3 Å². The van der Waals surface area contributed by atoms with Gasteiger partial charge in [0, 0.05) is 52.2 Å². The summed E-state index contributed by atoms with van der Waals surface area (Å²) in [7, 11) is 4.37. The summed E-state index contributed by atoms with van der Waals surface area (Å²) < 4.78 is 24.0. The van der Waals surface area contributed by atoms with Gasteiger partial charge in [0.1, 0.15) is 17.6 Å². The molecule has 35 heavy (non-hydrogen) atoms. The van der Waals surface area contributed by atoms with Crippen LogP contribution in [0.25, 0.3) is 10.9 Å². The number of methoxy groups -OCH3 is 1. The predicted octanol–water partition coefficient (Wildman–Crippen LogP) is 2.59. The van der Waals surface area contributed by atoms with Gasteiger partial charge in [-0.1, -0.05) is 12.1 Å². The predicted molar refractivity (Wildman–Crippen MR) is 126 cm³/mol. The fraction of sp³-hybridized carbons (Fsp3) is 0.360. The van der Waals surface area contributed by atoms with Gasteiger partial charge in [0.2, 0.25) is 5.76 Å². The Labute approximate surface area is 202 Å². The van der Waals surface area contributed by atoms with Gasteiger partial charge in [0.25, 0.3) is 17.6 Å². The zero-order chi connectivity index (χ0) is 25.1. The Hall–Kier alpha value is -3.79. The molecule has 3 aromatic rings. The highest BCUT2D eigenvalue weighted by Crippen LogP contribution is 2.28. The quantitative estimate of drug-likeness (QED) is 0.394. The van der Waals surface area contributed by atoms with E-state index in [9.17, 15) is 18.8 Å². The molecule has 0 bridgehead atoms. The minimum Gasteiger partial charge on any atom is -0.494 e. The van der Waals surface area contributed by atoms with Crippen molar-refractivity contribution < 1.29 is 27.9 Å². The Morgan fingerprint density at radius 3 is 2.54 bits per heavy atom. The number of hydrogen-bond acceptors (Lipinski definition) is 7. The summed E-state index contributed by atoms with van der Waals surface area (Å²) in [6.07, 6.45) is 2.07. The van der Waals surface area contributed by atoms with Crippen molar-refractivity contribution >= 4 is 28.5 Å². The zero-order valence-electron chi connectivity index (χ0n) is 19.9. The Morgan fingerprint density at radius 2 is 1.86 bits per heavy atom. The first-order chi connectivity index (χ1) is 16.8. The molecule has 2 amide bonds. The standard InChI is InChI=1S/C25H27FN4O5/c1-28(2)25(33)22(31)23-20-17(15-35-23)13-19(34-3)21(27-20)24(32)30-10-4-9-29(11-12-30)14-16-5-7-18(26)8-6-16/h5-8,13,15H,4,9-12,14H2,1-3H3. The van der Waals surface area contributed by atoms with Crippen LogP contribution in [0.2, 0.25) is 0 Å². The monoisotopic (exact) mass is 482 g/mol. The zero-order valence-corrected chi connectivity index (χ0v) is 19.9. The summed E-state index contributed by atoms with van der Waals surface area (Å²) in [6.45, 7) is 3.09. The molecule has 0 unspecified atom stereocenters. The topological polar surface area (TPSA) is 96.2 Å². The van der Waals surface area contributed by atoms with E-state index in [0.29, 0.717) is 31.6 Å². The highest BCUT2D eigenvalue weighted by Gasteiger charge is 2.29. The van der Waals surface area contributed by atoms with Crippen LogP contribution >= 0.6 is 0 Å². The maximum atomic E-state index is 13.5. The van der Waals surface area contributed by atoms with E-state index in [1.54, 1.807) is 23.1 Å². The molecule has 1 fully saturated rings. The Kier molecular flexibility index (Phi) is 7.11. The third-order valence-corrected chi connectivity index (χ3v) is 5.96. The highest BCUT2D eigenvalue weighted by molar-refractivity contribution is 6.43. The van der Waals surface area contributed by atoms with Crippen LogP contribution in [0.1, 0.15) is 33.0 Å². The molecule has 0 aliphatic carbocycles. The Bertz CT molecular complexity index is 1250. The van der Waals surface area contributed by atoms with Crippen molar-refractivity contribution in [2.24, 2.45) is 0 Å². The third-order valence-electron chi connectivity index (χ3n) is 5.96. The van der Waals surface area contributed by atoms with E-state index >= 15 is 0 Å². The summed E-state index contributed by atoms with van der Waals surface area (Å²) in [5, 5.41) is 0.453. The largest absolute Gasteiger partial charge is 0.494 e. The van der Waals surface area contributed by atoms with Gasteiger partial charge >= 0.3 is 0 Å². The van der Waals surface area contributed by atoms with Crippen LogP contribution in [0.15, 0.2) is 41.0 Å². The smallest absolute Gasteiger partial charge is 0.297 e. The number of rotatable bonds is 6. The van der Waals surface area contributed by atoms with Gasteiger partial charge in [-0.2, -0.15) is 0 Å². The Morgan fingerprint density at radius 1 is 1.11 bits per heavy atom. The third kappa shape index (κ3) is 5.17. The lowest BCUT2D eigenvalue weighted by Gasteiger charge is -2.22. The number of benzene rings is 1. The molecule has 184 valence electrons. The summed E-state index contributed by atoms with van der Waals surface area (Å²) in [5.74, 6) is -2.14. The molecule has 0 N–H and O–H groups in total. The lowest BCUT2D eigenvalue weighted by Crippen LogP contribution is -2.35. The first-order valence-corrected chi connectivity index (χ1v) is 11.3. The summed E-state index contributed by atoms with van der Waals surface area (Å²) in [5.41, 5.74) is 1.20. The van der Waals surface area contributed by atoms with Crippen LogP contribution in [0.4, 0.5) is 4.39 Å². The lowest BCUT2D eigenvalue weighted by atomic mass is 10.1. The first-order valence-electron chi connectivity index (χ1n) is 11.3. The minimum absolute atomic E-state index is 0.0553. The van der Waals surface area contributed by atoms with E-state index in [2.05, 4.69) is 9.88 Å². The average molecular weight is 483 g/mol. The molecular weight excluding hydrogens is 455 g/mol. The molecule has 4 rings (SSSR count). The molecule has 0 spiro atoms. The van der Waals surface area contributed by atoms with Gasteiger partial charge in [0.15, 0.2) is 11.4 Å². The van der Waals surface area contributed by atoms with E-state index < -0.39 is 11.7 Å². The van der Waals surface area contributed by atoms with E-state index in [0.717, 1.165) is 23.4 Å². The van der Waals surface area contributed by atoms with Crippen molar-refractivity contribution in [3.63, 3.8) is 0 Å². The second kappa shape index (κ2) is 10.2. The molecular formula is C25H27FN4O5. The first kappa shape index (κ1) is 24.3.